The molecule has 0 aliphatic carbocycles. The largest absolute Gasteiger partial charge is 0.467 e. The van der Waals surface area contributed by atoms with Crippen LogP contribution in [-0.2, 0) is 42.9 Å². The van der Waals surface area contributed by atoms with E-state index in [9.17, 15) is 24.3 Å². The molecule has 10 heteroatoms. The fraction of sp³-hybridized carbons (Fsp3) is 0.789. The van der Waals surface area contributed by atoms with Gasteiger partial charge in [0.05, 0.1) is 24.9 Å². The van der Waals surface area contributed by atoms with Gasteiger partial charge in [0.25, 0.3) is 0 Å². The van der Waals surface area contributed by atoms with Gasteiger partial charge in [0.15, 0.2) is 30.7 Å². The second-order valence-corrected chi connectivity index (χ2v) is 7.64. The molecule has 0 aromatic heterocycles. The first kappa shape index (κ1) is 24.8. The number of rotatable bonds is 7. The Morgan fingerprint density at radius 1 is 0.724 bits per heavy atom. The summed E-state index contributed by atoms with van der Waals surface area (Å²) in [5, 5.41) is 10.4. The number of aliphatic hydroxyl groups excluding tert-OH is 1. The van der Waals surface area contributed by atoms with Crippen molar-refractivity contribution in [3.05, 3.63) is 0 Å². The first-order chi connectivity index (χ1) is 13.4. The van der Waals surface area contributed by atoms with Gasteiger partial charge in [-0.15, -0.1) is 0 Å². The Balaban J connectivity index is 3.37. The third-order valence-electron chi connectivity index (χ3n) is 4.12. The van der Waals surface area contributed by atoms with Crippen LogP contribution in [0, 0.1) is 17.8 Å². The summed E-state index contributed by atoms with van der Waals surface area (Å²) >= 11 is 0. The molecule has 10 nitrogen and oxygen atoms in total. The van der Waals surface area contributed by atoms with Crippen LogP contribution in [0.5, 0.6) is 0 Å². The van der Waals surface area contributed by atoms with Crippen molar-refractivity contribution in [1.82, 2.24) is 0 Å². The van der Waals surface area contributed by atoms with Gasteiger partial charge in [-0.3, -0.25) is 14.4 Å². The van der Waals surface area contributed by atoms with E-state index in [1.54, 1.807) is 41.5 Å². The Kier molecular flexibility index (Phi) is 9.03. The quantitative estimate of drug-likeness (QED) is 0.462. The standard InChI is InChI=1S/C19H30O10/c1-8(2)15(20)26-11-12(27-16(21)9(3)4)14(28-17(22)10(5)6)19(24)29-13(11)18(23)25-7/h8-14,19,24H,1-7H3/t11-,12?,13-,14+,19?/m0/s1. The molecule has 0 aromatic carbocycles. The van der Waals surface area contributed by atoms with E-state index in [2.05, 4.69) is 4.74 Å². The number of methoxy groups -OCH3 is 1. The highest BCUT2D eigenvalue weighted by Crippen LogP contribution is 2.30. The minimum atomic E-state index is -1.82. The number of hydrogen-bond donors (Lipinski definition) is 1. The Bertz CT molecular complexity index is 612. The molecule has 1 heterocycles. The van der Waals surface area contributed by atoms with Gasteiger partial charge in [0.1, 0.15) is 0 Å². The Morgan fingerprint density at radius 3 is 1.48 bits per heavy atom. The molecule has 0 radical (unpaired) electrons. The summed E-state index contributed by atoms with van der Waals surface area (Å²) in [5.41, 5.74) is 0. The van der Waals surface area contributed by atoms with Crippen LogP contribution in [0.1, 0.15) is 41.5 Å². The van der Waals surface area contributed by atoms with E-state index in [0.29, 0.717) is 0 Å². The lowest BCUT2D eigenvalue weighted by Gasteiger charge is -2.42. The zero-order valence-electron chi connectivity index (χ0n) is 17.7. The van der Waals surface area contributed by atoms with Crippen LogP contribution < -0.4 is 0 Å². The molecule has 2 unspecified atom stereocenters. The Labute approximate surface area is 169 Å². The Morgan fingerprint density at radius 2 is 1.10 bits per heavy atom. The first-order valence-electron chi connectivity index (χ1n) is 9.43. The maximum absolute atomic E-state index is 12.3. The number of ether oxygens (including phenoxy) is 5. The fourth-order valence-corrected chi connectivity index (χ4v) is 2.33. The van der Waals surface area contributed by atoms with Crippen LogP contribution in [0.25, 0.3) is 0 Å². The van der Waals surface area contributed by atoms with E-state index >= 15 is 0 Å². The maximum Gasteiger partial charge on any atom is 0.339 e. The van der Waals surface area contributed by atoms with E-state index < -0.39 is 72.3 Å². The van der Waals surface area contributed by atoms with Crippen LogP contribution in [0.15, 0.2) is 0 Å². The zero-order chi connectivity index (χ0) is 22.5. The molecular formula is C19H30O10. The lowest BCUT2D eigenvalue weighted by atomic mass is 9.97. The molecule has 1 aliphatic rings. The second-order valence-electron chi connectivity index (χ2n) is 7.64. The highest BCUT2D eigenvalue weighted by Gasteiger charge is 2.55. The zero-order valence-corrected chi connectivity index (χ0v) is 17.7. The lowest BCUT2D eigenvalue weighted by molar-refractivity contribution is -0.292. The molecule has 1 fully saturated rings. The lowest BCUT2D eigenvalue weighted by Crippen LogP contribution is -2.63. The highest BCUT2D eigenvalue weighted by atomic mass is 16.7. The van der Waals surface area contributed by atoms with Gasteiger partial charge >= 0.3 is 23.9 Å². The van der Waals surface area contributed by atoms with E-state index in [-0.39, 0.29) is 0 Å². The molecule has 1 rings (SSSR count). The summed E-state index contributed by atoms with van der Waals surface area (Å²) < 4.78 is 25.9. The molecule has 1 saturated heterocycles. The first-order valence-corrected chi connectivity index (χ1v) is 9.43. The minimum Gasteiger partial charge on any atom is -0.467 e. The molecule has 0 spiro atoms. The van der Waals surface area contributed by atoms with E-state index in [1.807, 2.05) is 0 Å². The van der Waals surface area contributed by atoms with Gasteiger partial charge < -0.3 is 28.8 Å². The van der Waals surface area contributed by atoms with Gasteiger partial charge in [0, 0.05) is 0 Å². The van der Waals surface area contributed by atoms with E-state index in [0.717, 1.165) is 7.11 Å². The van der Waals surface area contributed by atoms with Crippen LogP contribution in [0.2, 0.25) is 0 Å². The molecule has 0 amide bonds. The fourth-order valence-electron chi connectivity index (χ4n) is 2.33. The summed E-state index contributed by atoms with van der Waals surface area (Å²) in [6.45, 7) is 9.42. The molecule has 0 aromatic rings. The van der Waals surface area contributed by atoms with Gasteiger partial charge in [-0.25, -0.2) is 4.79 Å². The molecule has 166 valence electrons. The molecule has 0 saturated carbocycles. The number of carbonyl (C=O) groups is 4. The van der Waals surface area contributed by atoms with E-state index in [1.165, 1.54) is 0 Å². The monoisotopic (exact) mass is 418 g/mol. The normalized spacial score (nSPS) is 26.9. The van der Waals surface area contributed by atoms with Crippen LogP contribution in [0.3, 0.4) is 0 Å². The molecule has 0 bridgehead atoms. The molecule has 5 atom stereocenters. The molecular weight excluding hydrogens is 388 g/mol. The highest BCUT2D eigenvalue weighted by molar-refractivity contribution is 5.78. The minimum absolute atomic E-state index is 0.557. The van der Waals surface area contributed by atoms with Crippen molar-refractivity contribution < 1.29 is 48.0 Å². The van der Waals surface area contributed by atoms with Gasteiger partial charge in [0.2, 0.25) is 0 Å². The molecule has 1 N–H and O–H groups in total. The smallest absolute Gasteiger partial charge is 0.339 e. The van der Waals surface area contributed by atoms with Gasteiger partial charge in [-0.2, -0.15) is 0 Å². The van der Waals surface area contributed by atoms with Crippen molar-refractivity contribution in [3.8, 4) is 0 Å². The number of aliphatic hydroxyl groups is 1. The maximum atomic E-state index is 12.3. The number of hydrogen-bond acceptors (Lipinski definition) is 10. The third kappa shape index (κ3) is 6.40. The topological polar surface area (TPSA) is 135 Å². The van der Waals surface area contributed by atoms with Crippen molar-refractivity contribution in [1.29, 1.82) is 0 Å². The molecule has 1 aliphatic heterocycles. The summed E-state index contributed by atoms with van der Waals surface area (Å²) in [7, 11) is 1.08. The summed E-state index contributed by atoms with van der Waals surface area (Å²) in [4.78, 5) is 48.7. The second kappa shape index (κ2) is 10.5. The number of esters is 4. The summed E-state index contributed by atoms with van der Waals surface area (Å²) in [6, 6.07) is 0. The predicted molar refractivity (Wildman–Crippen MR) is 97.0 cm³/mol. The van der Waals surface area contributed by atoms with Crippen molar-refractivity contribution in [2.45, 2.75) is 72.2 Å². The Hall–Kier alpha value is -2.20. The summed E-state index contributed by atoms with van der Waals surface area (Å²) in [5.74, 6) is -4.77. The van der Waals surface area contributed by atoms with Crippen molar-refractivity contribution in [2.75, 3.05) is 7.11 Å². The average Bonchev–Trinajstić information content (AvgIpc) is 2.64. The van der Waals surface area contributed by atoms with Crippen LogP contribution in [-0.4, -0.2) is 66.8 Å². The molecule has 29 heavy (non-hydrogen) atoms. The summed E-state index contributed by atoms with van der Waals surface area (Å²) in [6.07, 6.45) is -7.90. The van der Waals surface area contributed by atoms with Crippen molar-refractivity contribution >= 4 is 23.9 Å². The van der Waals surface area contributed by atoms with Crippen molar-refractivity contribution in [2.24, 2.45) is 17.8 Å². The third-order valence-corrected chi connectivity index (χ3v) is 4.12. The van der Waals surface area contributed by atoms with Crippen LogP contribution in [0.4, 0.5) is 0 Å². The van der Waals surface area contributed by atoms with E-state index in [4.69, 9.17) is 18.9 Å². The van der Waals surface area contributed by atoms with Gasteiger partial charge in [-0.1, -0.05) is 41.5 Å². The average molecular weight is 418 g/mol. The van der Waals surface area contributed by atoms with Gasteiger partial charge in [-0.05, 0) is 0 Å². The predicted octanol–water partition coefficient (Wildman–Crippen LogP) is 0.580. The van der Waals surface area contributed by atoms with Crippen molar-refractivity contribution in [3.63, 3.8) is 0 Å². The SMILES string of the molecule is COC(=O)[C@H]1OC(O)[C@H](OC(=O)C(C)C)C(OC(=O)C(C)C)[C@@H]1OC(=O)C(C)C. The number of carbonyl (C=O) groups excluding carboxylic acids is 4. The van der Waals surface area contributed by atoms with Crippen LogP contribution >= 0.6 is 0 Å².